The Morgan fingerprint density at radius 3 is 2.44 bits per heavy atom. The van der Waals surface area contributed by atoms with Crippen molar-refractivity contribution < 1.29 is 4.57 Å². The highest BCUT2D eigenvalue weighted by Gasteiger charge is 2.13. The molecule has 0 aliphatic carbocycles. The van der Waals surface area contributed by atoms with Gasteiger partial charge in [-0.05, 0) is 24.3 Å². The molecular weight excluding hydrogens is 308 g/mol. The van der Waals surface area contributed by atoms with E-state index in [0.29, 0.717) is 0 Å². The first-order chi connectivity index (χ1) is 8.42. The number of nitrogens with zero attached hydrogens (tertiary/aromatic N) is 2. The summed E-state index contributed by atoms with van der Waals surface area (Å²) in [6, 6.07) is 6.65. The standard InChI is InChI=1S/C14H17N2S.BrH/c1-2-7-16(6-1)14-3-8-15(9-4-14)11-13-5-10-17-12-13;/h3-5,8-10,12H,1-2,6-7,11H2;1H/q+1;. The summed E-state index contributed by atoms with van der Waals surface area (Å²) in [7, 11) is 0. The molecular formula is C14H18BrN2S+. The molecule has 4 heteroatoms. The van der Waals surface area contributed by atoms with E-state index in [2.05, 4.69) is 50.8 Å². The van der Waals surface area contributed by atoms with E-state index in [1.807, 2.05) is 0 Å². The first-order valence-electron chi connectivity index (χ1n) is 6.17. The van der Waals surface area contributed by atoms with E-state index in [4.69, 9.17) is 0 Å². The van der Waals surface area contributed by atoms with E-state index >= 15 is 0 Å². The number of thiophene rings is 1. The van der Waals surface area contributed by atoms with Crippen LogP contribution in [-0.4, -0.2) is 13.1 Å². The van der Waals surface area contributed by atoms with Crippen LogP contribution in [0.2, 0.25) is 0 Å². The molecule has 2 aromatic rings. The van der Waals surface area contributed by atoms with Gasteiger partial charge in [-0.25, -0.2) is 4.57 Å². The number of hydrogen-bond acceptors (Lipinski definition) is 2. The number of rotatable bonds is 3. The van der Waals surface area contributed by atoms with Gasteiger partial charge >= 0.3 is 0 Å². The van der Waals surface area contributed by atoms with E-state index in [9.17, 15) is 0 Å². The summed E-state index contributed by atoms with van der Waals surface area (Å²) in [5.74, 6) is 0. The van der Waals surface area contributed by atoms with Gasteiger partial charge in [0.25, 0.3) is 0 Å². The summed E-state index contributed by atoms with van der Waals surface area (Å²) in [5.41, 5.74) is 2.75. The van der Waals surface area contributed by atoms with Crippen LogP contribution in [0.25, 0.3) is 0 Å². The Morgan fingerprint density at radius 2 is 1.83 bits per heavy atom. The second-order valence-electron chi connectivity index (χ2n) is 4.55. The van der Waals surface area contributed by atoms with E-state index in [0.717, 1.165) is 6.54 Å². The van der Waals surface area contributed by atoms with Crippen LogP contribution in [0.4, 0.5) is 5.69 Å². The Morgan fingerprint density at radius 1 is 1.11 bits per heavy atom. The molecule has 0 radical (unpaired) electrons. The average Bonchev–Trinajstić information content (AvgIpc) is 3.01. The minimum atomic E-state index is 0. The number of aromatic nitrogens is 1. The van der Waals surface area contributed by atoms with Crippen molar-refractivity contribution in [3.8, 4) is 0 Å². The fourth-order valence-corrected chi connectivity index (χ4v) is 2.99. The highest BCUT2D eigenvalue weighted by atomic mass is 79.9. The summed E-state index contributed by atoms with van der Waals surface area (Å²) in [4.78, 5) is 2.47. The van der Waals surface area contributed by atoms with E-state index < -0.39 is 0 Å². The summed E-state index contributed by atoms with van der Waals surface area (Å²) in [6.07, 6.45) is 7.05. The van der Waals surface area contributed by atoms with Crippen molar-refractivity contribution in [3.05, 3.63) is 46.9 Å². The maximum Gasteiger partial charge on any atom is 0.174 e. The second-order valence-corrected chi connectivity index (χ2v) is 5.33. The third-order valence-corrected chi connectivity index (χ3v) is 4.02. The second kappa shape index (κ2) is 6.34. The van der Waals surface area contributed by atoms with Crippen LogP contribution in [0.1, 0.15) is 18.4 Å². The monoisotopic (exact) mass is 325 g/mol. The van der Waals surface area contributed by atoms with E-state index in [1.165, 1.54) is 37.2 Å². The third kappa shape index (κ3) is 3.12. The number of pyridine rings is 1. The molecule has 0 atom stereocenters. The van der Waals surface area contributed by atoms with Gasteiger partial charge < -0.3 is 4.90 Å². The molecule has 18 heavy (non-hydrogen) atoms. The third-order valence-electron chi connectivity index (χ3n) is 3.29. The molecule has 0 unspecified atom stereocenters. The fraction of sp³-hybridized carbons (Fsp3) is 0.357. The van der Waals surface area contributed by atoms with E-state index in [1.54, 1.807) is 11.3 Å². The van der Waals surface area contributed by atoms with Crippen LogP contribution in [0.15, 0.2) is 41.4 Å². The molecule has 1 aliphatic heterocycles. The molecule has 0 aromatic carbocycles. The summed E-state index contributed by atoms with van der Waals surface area (Å²) in [6.45, 7) is 3.41. The average molecular weight is 326 g/mol. The van der Waals surface area contributed by atoms with Crippen LogP contribution in [0.5, 0.6) is 0 Å². The van der Waals surface area contributed by atoms with Crippen LogP contribution >= 0.6 is 28.3 Å². The van der Waals surface area contributed by atoms with Gasteiger partial charge in [-0.2, -0.15) is 11.3 Å². The van der Waals surface area contributed by atoms with Crippen LogP contribution in [0, 0.1) is 0 Å². The van der Waals surface area contributed by atoms with E-state index in [-0.39, 0.29) is 17.0 Å². The predicted molar refractivity (Wildman–Crippen MR) is 81.8 cm³/mol. The van der Waals surface area contributed by atoms with Crippen LogP contribution < -0.4 is 9.47 Å². The van der Waals surface area contributed by atoms with Gasteiger partial charge in [0.1, 0.15) is 0 Å². The molecule has 0 saturated carbocycles. The fourth-order valence-electron chi connectivity index (χ4n) is 2.33. The molecule has 1 aliphatic rings. The largest absolute Gasteiger partial charge is 0.371 e. The molecule has 2 nitrogen and oxygen atoms in total. The zero-order chi connectivity index (χ0) is 11.5. The minimum absolute atomic E-state index is 0. The molecule has 0 N–H and O–H groups in total. The molecule has 0 amide bonds. The van der Waals surface area contributed by atoms with Crippen molar-refractivity contribution in [3.63, 3.8) is 0 Å². The predicted octanol–water partition coefficient (Wildman–Crippen LogP) is 3.26. The van der Waals surface area contributed by atoms with Gasteiger partial charge in [-0.1, -0.05) is 0 Å². The molecule has 2 aromatic heterocycles. The van der Waals surface area contributed by atoms with Gasteiger partial charge in [0.15, 0.2) is 18.9 Å². The topological polar surface area (TPSA) is 7.12 Å². The van der Waals surface area contributed by atoms with Gasteiger partial charge in [-0.3, -0.25) is 0 Å². The molecule has 0 spiro atoms. The van der Waals surface area contributed by atoms with Gasteiger partial charge in [0, 0.05) is 41.9 Å². The summed E-state index contributed by atoms with van der Waals surface area (Å²) < 4.78 is 2.24. The zero-order valence-corrected chi connectivity index (χ0v) is 12.8. The Labute approximate surface area is 123 Å². The Balaban J connectivity index is 0.00000120. The molecule has 3 rings (SSSR count). The van der Waals surface area contributed by atoms with Crippen molar-refractivity contribution in [2.45, 2.75) is 19.4 Å². The van der Waals surface area contributed by atoms with Crippen LogP contribution in [-0.2, 0) is 6.54 Å². The lowest BCUT2D eigenvalue weighted by molar-refractivity contribution is -0.688. The Kier molecular flexibility index (Phi) is 4.78. The van der Waals surface area contributed by atoms with Crippen molar-refractivity contribution in [2.75, 3.05) is 18.0 Å². The summed E-state index contributed by atoms with van der Waals surface area (Å²) >= 11 is 1.76. The van der Waals surface area contributed by atoms with Gasteiger partial charge in [0.05, 0.1) is 0 Å². The maximum atomic E-state index is 2.47. The minimum Gasteiger partial charge on any atom is -0.371 e. The Bertz CT molecular complexity index is 461. The van der Waals surface area contributed by atoms with Gasteiger partial charge in [-0.15, -0.1) is 17.0 Å². The molecule has 1 saturated heterocycles. The Hall–Kier alpha value is -0.870. The van der Waals surface area contributed by atoms with Crippen molar-refractivity contribution >= 4 is 34.0 Å². The molecule has 0 bridgehead atoms. The lowest BCUT2D eigenvalue weighted by Crippen LogP contribution is -2.33. The first kappa shape index (κ1) is 13.6. The first-order valence-corrected chi connectivity index (χ1v) is 7.11. The summed E-state index contributed by atoms with van der Waals surface area (Å²) in [5, 5.41) is 4.34. The smallest absolute Gasteiger partial charge is 0.174 e. The molecule has 96 valence electrons. The number of hydrogen-bond donors (Lipinski definition) is 0. The van der Waals surface area contributed by atoms with Crippen molar-refractivity contribution in [1.82, 2.24) is 0 Å². The maximum absolute atomic E-state index is 2.47. The quantitative estimate of drug-likeness (QED) is 0.786. The molecule has 3 heterocycles. The van der Waals surface area contributed by atoms with Crippen LogP contribution in [0.3, 0.4) is 0 Å². The lowest BCUT2D eigenvalue weighted by atomic mass is 10.3. The number of anilines is 1. The van der Waals surface area contributed by atoms with Crippen molar-refractivity contribution in [2.24, 2.45) is 0 Å². The van der Waals surface area contributed by atoms with Crippen molar-refractivity contribution in [1.29, 1.82) is 0 Å². The van der Waals surface area contributed by atoms with Gasteiger partial charge in [0.2, 0.25) is 0 Å². The highest BCUT2D eigenvalue weighted by molar-refractivity contribution is 8.93. The highest BCUT2D eigenvalue weighted by Crippen LogP contribution is 2.18. The molecule has 1 fully saturated rings. The number of halogens is 1. The zero-order valence-electron chi connectivity index (χ0n) is 10.3. The SMILES string of the molecule is Br.c1cc(C[n+]2ccc(N3CCCC3)cc2)cs1. The lowest BCUT2D eigenvalue weighted by Gasteiger charge is -2.16. The normalized spacial score (nSPS) is 14.6.